The van der Waals surface area contributed by atoms with E-state index < -0.39 is 118 Å². The standard InChI is InChI=1S/C30H27N5O22S7.5Na/c31-27-26-17(13-25(63(46,47)48)29(27)35-32-18-3-5-20(6-4-18)60(39,40)10-8-53-64(49,50)51)12-23(58-56-54-37)28(30(26)36)34-33-19-2-1-16-11-21(15-24(22(16)14-19)62(43,44)45)61(41,42)9-7-52-59-57-55-38;;;;;/h1-6,11-15,36-38H,7-10,31H2,(H,43,44,45)(H,46,47,48)(H,49,50,51);;;;;/q;5*+1/p-5. The molecule has 0 unspecified atom stereocenters. The van der Waals surface area contributed by atoms with Gasteiger partial charge in [-0.1, -0.05) is 6.07 Å². The Balaban J connectivity index is 0.00000925. The number of azo groups is 2. The van der Waals surface area contributed by atoms with E-state index in [-0.39, 0.29) is 209 Å². The molecule has 39 heteroatoms. The van der Waals surface area contributed by atoms with Crippen molar-refractivity contribution in [2.24, 2.45) is 20.5 Å². The molecule has 5 rings (SSSR count). The van der Waals surface area contributed by atoms with E-state index in [1.807, 2.05) is 0 Å². The van der Waals surface area contributed by atoms with Gasteiger partial charge in [-0.3, -0.25) is 18.4 Å². The number of nitrogens with two attached hydrogens (primary N) is 1. The molecule has 0 spiro atoms. The zero-order valence-corrected chi connectivity index (χ0v) is 51.6. The monoisotopic (exact) mass is 1140 g/mol. The van der Waals surface area contributed by atoms with E-state index >= 15 is 0 Å². The first-order chi connectivity index (χ1) is 29.9. The molecular weight excluding hydrogens is 1120 g/mol. The maximum absolute atomic E-state index is 12.9. The van der Waals surface area contributed by atoms with Gasteiger partial charge in [-0.05, 0) is 71.4 Å². The zero-order chi connectivity index (χ0) is 47.3. The second kappa shape index (κ2) is 29.7. The van der Waals surface area contributed by atoms with Gasteiger partial charge in [0.25, 0.3) is 0 Å². The van der Waals surface area contributed by atoms with Gasteiger partial charge in [-0.2, -0.15) is 14.6 Å². The Morgan fingerprint density at radius 1 is 0.594 bits per heavy atom. The summed E-state index contributed by atoms with van der Waals surface area (Å²) in [5.41, 5.74) is 3.76. The molecule has 0 saturated carbocycles. The number of phenols is 1. The third kappa shape index (κ3) is 19.2. The summed E-state index contributed by atoms with van der Waals surface area (Å²) in [6, 6.07) is 10.8. The minimum Gasteiger partial charge on any atom is -0.744 e. The SMILES string of the molecule is Nc1c(N=Nc2ccc(S(=O)(=O)CCOS(=O)(=O)[O-])cc2)c(S(=O)(=O)[O-])cc2cc(SOO[O-])c(N=Nc3ccc4cc(S(=O)(=O)CCOSOO[O-])cc(S(=O)(=O)[O-])c4c3)c(O)c12.[Na+].[Na+].[Na+].[Na+].[Na+]. The minimum absolute atomic E-state index is 0. The van der Waals surface area contributed by atoms with Gasteiger partial charge in [0.2, 0.25) is 10.4 Å². The van der Waals surface area contributed by atoms with Crippen LogP contribution in [0.2, 0.25) is 0 Å². The van der Waals surface area contributed by atoms with E-state index in [9.17, 15) is 71.4 Å². The van der Waals surface area contributed by atoms with E-state index in [1.54, 1.807) is 0 Å². The number of benzene rings is 5. The molecule has 5 aromatic rings. The molecule has 0 saturated heterocycles. The first-order valence-electron chi connectivity index (χ1n) is 16.4. The maximum atomic E-state index is 12.9. The van der Waals surface area contributed by atoms with Crippen molar-refractivity contribution in [2.75, 3.05) is 30.5 Å². The van der Waals surface area contributed by atoms with Crippen LogP contribution in [0.4, 0.5) is 28.4 Å². The molecule has 0 radical (unpaired) electrons. The molecule has 0 aliphatic rings. The van der Waals surface area contributed by atoms with Gasteiger partial charge in [-0.25, -0.2) is 42.1 Å². The number of sulfone groups is 2. The number of anilines is 1. The Labute approximate surface area is 511 Å². The quantitative estimate of drug-likeness (QED) is 0.00793. The first kappa shape index (κ1) is 69.4. The molecule has 0 aliphatic carbocycles. The molecule has 0 amide bonds. The van der Waals surface area contributed by atoms with E-state index in [0.29, 0.717) is 6.07 Å². The summed E-state index contributed by atoms with van der Waals surface area (Å²) in [4.78, 5) is -3.39. The summed E-state index contributed by atoms with van der Waals surface area (Å²) in [6.07, 6.45) is 0. The minimum atomic E-state index is -5.45. The summed E-state index contributed by atoms with van der Waals surface area (Å²) < 4.78 is 174. The predicted molar refractivity (Wildman–Crippen MR) is 208 cm³/mol. The van der Waals surface area contributed by atoms with E-state index in [1.165, 1.54) is 12.1 Å². The summed E-state index contributed by atoms with van der Waals surface area (Å²) in [5.74, 6) is -2.58. The molecule has 0 aromatic heterocycles. The normalized spacial score (nSPS) is 12.2. The fourth-order valence-corrected chi connectivity index (χ4v) is 10.3. The number of hydrogen-bond donors (Lipinski definition) is 2. The van der Waals surface area contributed by atoms with Crippen molar-refractivity contribution in [3.8, 4) is 5.75 Å². The number of fused-ring (bicyclic) bond motifs is 2. The molecule has 27 nitrogen and oxygen atoms in total. The van der Waals surface area contributed by atoms with Gasteiger partial charge in [-0.15, -0.1) is 14.6 Å². The van der Waals surface area contributed by atoms with Crippen molar-refractivity contribution in [1.82, 2.24) is 0 Å². The van der Waals surface area contributed by atoms with Crippen LogP contribution in [-0.2, 0) is 77.4 Å². The number of phenolic OH excluding ortho intramolecular Hbond substituents is 1. The van der Waals surface area contributed by atoms with E-state index in [0.717, 1.165) is 48.5 Å². The molecule has 0 heterocycles. The Kier molecular flexibility index (Phi) is 29.8. The van der Waals surface area contributed by atoms with Crippen LogP contribution in [0.3, 0.4) is 0 Å². The smallest absolute Gasteiger partial charge is 0.744 e. The van der Waals surface area contributed by atoms with Crippen LogP contribution in [0, 0.1) is 0 Å². The van der Waals surface area contributed by atoms with Crippen LogP contribution in [-0.4, -0.2) is 85.6 Å². The molecule has 5 aromatic carbocycles. The molecule has 0 bridgehead atoms. The average Bonchev–Trinajstić information content (AvgIpc) is 3.20. The second-order valence-corrected chi connectivity index (χ2v) is 21.3. The van der Waals surface area contributed by atoms with Crippen LogP contribution in [0.5, 0.6) is 5.75 Å². The van der Waals surface area contributed by atoms with Crippen LogP contribution in [0.25, 0.3) is 21.5 Å². The predicted octanol–water partition coefficient (Wildman–Crippen LogP) is -13.0. The zero-order valence-electron chi connectivity index (χ0n) is 35.9. The van der Waals surface area contributed by atoms with Crippen LogP contribution < -0.4 is 164 Å². The summed E-state index contributed by atoms with van der Waals surface area (Å²) >= 11 is 0.134. The molecule has 3 N–H and O–H groups in total. The van der Waals surface area contributed by atoms with Crippen LogP contribution in [0.1, 0.15) is 0 Å². The maximum Gasteiger partial charge on any atom is 1.00 e. The fourth-order valence-electron chi connectivity index (χ4n) is 5.38. The van der Waals surface area contributed by atoms with Crippen LogP contribution in [0.15, 0.2) is 112 Å². The number of rotatable bonds is 21. The molecular formula is C30H22N5Na5O22S7. The van der Waals surface area contributed by atoms with Gasteiger partial charge in [0.05, 0.1) is 83.7 Å². The Morgan fingerprint density at radius 3 is 1.72 bits per heavy atom. The first-order valence-corrected chi connectivity index (χ1v) is 25.2. The van der Waals surface area contributed by atoms with Gasteiger partial charge in [0.15, 0.2) is 37.7 Å². The van der Waals surface area contributed by atoms with Crippen molar-refractivity contribution in [3.63, 3.8) is 0 Å². The van der Waals surface area contributed by atoms with E-state index in [2.05, 4.69) is 43.4 Å². The van der Waals surface area contributed by atoms with Crippen LogP contribution >= 0.6 is 24.4 Å². The summed E-state index contributed by atoms with van der Waals surface area (Å²) in [6.45, 7) is -1.54. The third-order valence-corrected chi connectivity index (χ3v) is 14.6. The van der Waals surface area contributed by atoms with Gasteiger partial charge >= 0.3 is 148 Å². The van der Waals surface area contributed by atoms with Crippen molar-refractivity contribution in [2.45, 2.75) is 24.5 Å². The molecule has 0 aliphatic heterocycles. The van der Waals surface area contributed by atoms with Gasteiger partial charge < -0.3 is 35.0 Å². The van der Waals surface area contributed by atoms with Crippen molar-refractivity contribution in [3.05, 3.63) is 66.7 Å². The number of aromatic hydroxyl groups is 1. The van der Waals surface area contributed by atoms with Crippen molar-refractivity contribution in [1.29, 1.82) is 0 Å². The number of nitrogen functional groups attached to an aromatic ring is 1. The van der Waals surface area contributed by atoms with Crippen molar-refractivity contribution >= 4 is 125 Å². The number of nitrogens with zero attached hydrogens (tertiary/aromatic N) is 4. The Bertz CT molecular complexity index is 3250. The topological polar surface area (TPSA) is 437 Å². The second-order valence-electron chi connectivity index (χ2n) is 12.0. The molecule has 69 heavy (non-hydrogen) atoms. The van der Waals surface area contributed by atoms with Crippen molar-refractivity contribution < 1.29 is 246 Å². The Hall–Kier alpha value is 0.430. The summed E-state index contributed by atoms with van der Waals surface area (Å²) in [7, 11) is -24.5. The molecule has 0 fully saturated rings. The Morgan fingerprint density at radius 2 is 1.14 bits per heavy atom. The fraction of sp³-hybridized carbons (Fsp3) is 0.133. The average molecular weight is 1140 g/mol. The molecule has 346 valence electrons. The van der Waals surface area contributed by atoms with E-state index in [4.69, 9.17) is 9.92 Å². The largest absolute Gasteiger partial charge is 1.00 e. The summed E-state index contributed by atoms with van der Waals surface area (Å²) in [5, 5.41) is 52.8. The van der Waals surface area contributed by atoms with Gasteiger partial charge in [0.1, 0.15) is 31.6 Å². The number of hydrogen-bond acceptors (Lipinski definition) is 29. The molecule has 0 atom stereocenters. The van der Waals surface area contributed by atoms with Gasteiger partial charge in [0, 0.05) is 5.39 Å². The third-order valence-electron chi connectivity index (χ3n) is 8.08.